The number of fused-ring (bicyclic) bond motifs is 9. The van der Waals surface area contributed by atoms with Gasteiger partial charge in [-0.3, -0.25) is 4.79 Å². The van der Waals surface area contributed by atoms with E-state index in [-0.39, 0.29) is 17.0 Å². The Morgan fingerprint density at radius 1 is 1.12 bits per heavy atom. The Bertz CT molecular complexity index is 726. The number of carbonyl (C=O) groups is 1. The van der Waals surface area contributed by atoms with Crippen LogP contribution in [-0.4, -0.2) is 17.3 Å². The highest BCUT2D eigenvalue weighted by atomic mass is 16.6. The molecule has 1 N–H and O–H groups in total. The van der Waals surface area contributed by atoms with Crippen LogP contribution < -0.4 is 0 Å². The molecule has 6 aliphatic rings. The summed E-state index contributed by atoms with van der Waals surface area (Å²) in [5.41, 5.74) is 2.63. The molecule has 26 heavy (non-hydrogen) atoms. The maximum atomic E-state index is 12.2. The van der Waals surface area contributed by atoms with Crippen LogP contribution in [0, 0.1) is 46.3 Å². The summed E-state index contributed by atoms with van der Waals surface area (Å²) in [6, 6.07) is 0. The highest BCUT2D eigenvalue weighted by Crippen LogP contribution is 2.79. The monoisotopic (exact) mass is 353 g/mol. The minimum atomic E-state index is -0.0933. The largest absolute Gasteiger partial charge is 0.458 e. The molecule has 1 spiro atoms. The van der Waals surface area contributed by atoms with Crippen LogP contribution in [-0.2, 0) is 9.53 Å². The van der Waals surface area contributed by atoms with Gasteiger partial charge in [0.15, 0.2) is 0 Å². The Morgan fingerprint density at radius 3 is 2.77 bits per heavy atom. The van der Waals surface area contributed by atoms with Crippen LogP contribution in [0.3, 0.4) is 0 Å². The van der Waals surface area contributed by atoms with Gasteiger partial charge in [-0.2, -0.15) is 0 Å². The van der Waals surface area contributed by atoms with Crippen molar-refractivity contribution in [3.63, 3.8) is 0 Å². The molecule has 1 aliphatic heterocycles. The second kappa shape index (κ2) is 5.02. The summed E-state index contributed by atoms with van der Waals surface area (Å²) in [6.07, 6.45) is 13.7. The Balaban J connectivity index is 1.39. The van der Waals surface area contributed by atoms with Gasteiger partial charge in [-0.05, 0) is 93.5 Å². The van der Waals surface area contributed by atoms with Crippen LogP contribution >= 0.6 is 0 Å². The Morgan fingerprint density at radius 2 is 2.00 bits per heavy atom. The lowest BCUT2D eigenvalue weighted by molar-refractivity contribution is -0.179. The molecule has 6 rings (SSSR count). The number of hydrogen-bond donors (Lipinski definition) is 1. The first-order valence-corrected chi connectivity index (χ1v) is 11.1. The van der Waals surface area contributed by atoms with E-state index in [9.17, 15) is 4.79 Å². The summed E-state index contributed by atoms with van der Waals surface area (Å²) in [7, 11) is 0. The molecule has 0 aromatic carbocycles. The normalized spacial score (nSPS) is 54.1. The van der Waals surface area contributed by atoms with Crippen LogP contribution in [0.25, 0.3) is 0 Å². The summed E-state index contributed by atoms with van der Waals surface area (Å²) < 4.78 is 6.25. The first kappa shape index (κ1) is 15.9. The standard InChI is InChI=1S/C23H31NO2/c1-2-22-9-7-16-15-6-4-14(24)11-13(15)3-5-17(16)21(22)18-12-19(18)23(22)10-8-20(25)26-23/h11,15-19,21,24H,2-10,12H2,1H3/t15-,16?,17?,18?,19?,21?,22-,23-/m0/s1. The van der Waals surface area contributed by atoms with Gasteiger partial charge in [-0.15, -0.1) is 0 Å². The zero-order valence-electron chi connectivity index (χ0n) is 15.9. The second-order valence-corrected chi connectivity index (χ2v) is 10.2. The molecule has 0 bridgehead atoms. The van der Waals surface area contributed by atoms with E-state index in [0.29, 0.717) is 12.3 Å². The van der Waals surface area contributed by atoms with E-state index in [4.69, 9.17) is 10.1 Å². The van der Waals surface area contributed by atoms with Crippen LogP contribution in [0.5, 0.6) is 0 Å². The molecule has 5 unspecified atom stereocenters. The van der Waals surface area contributed by atoms with E-state index in [1.807, 2.05) is 0 Å². The summed E-state index contributed by atoms with van der Waals surface area (Å²) in [5.74, 6) is 4.80. The minimum absolute atomic E-state index is 0.0749. The zero-order valence-corrected chi connectivity index (χ0v) is 15.9. The van der Waals surface area contributed by atoms with Crippen LogP contribution in [0.4, 0.5) is 0 Å². The van der Waals surface area contributed by atoms with Crippen LogP contribution in [0.2, 0.25) is 0 Å². The van der Waals surface area contributed by atoms with Gasteiger partial charge in [-0.25, -0.2) is 0 Å². The minimum Gasteiger partial charge on any atom is -0.458 e. The third-order valence-corrected chi connectivity index (χ3v) is 9.79. The second-order valence-electron chi connectivity index (χ2n) is 10.2. The van der Waals surface area contributed by atoms with Gasteiger partial charge in [-0.1, -0.05) is 12.5 Å². The number of allylic oxidation sites excluding steroid dienone is 2. The fourth-order valence-electron chi connectivity index (χ4n) is 9.01. The average Bonchev–Trinajstić information content (AvgIpc) is 3.29. The van der Waals surface area contributed by atoms with Crippen molar-refractivity contribution in [3.05, 3.63) is 11.6 Å². The molecule has 0 aromatic rings. The Hall–Kier alpha value is -1.12. The lowest BCUT2D eigenvalue weighted by atomic mass is 9.47. The molecule has 1 heterocycles. The molecule has 0 radical (unpaired) electrons. The van der Waals surface area contributed by atoms with Crippen molar-refractivity contribution < 1.29 is 9.53 Å². The summed E-state index contributed by atoms with van der Waals surface area (Å²) in [4.78, 5) is 12.2. The first-order valence-electron chi connectivity index (χ1n) is 11.1. The molecule has 5 aliphatic carbocycles. The van der Waals surface area contributed by atoms with E-state index in [2.05, 4.69) is 13.0 Å². The highest BCUT2D eigenvalue weighted by Gasteiger charge is 2.79. The van der Waals surface area contributed by atoms with Crippen molar-refractivity contribution in [3.8, 4) is 0 Å². The summed E-state index contributed by atoms with van der Waals surface area (Å²) in [5, 5.41) is 8.06. The zero-order chi connectivity index (χ0) is 17.7. The molecular formula is C23H31NO2. The van der Waals surface area contributed by atoms with Crippen LogP contribution in [0.1, 0.15) is 71.1 Å². The lowest BCUT2D eigenvalue weighted by Gasteiger charge is -2.58. The van der Waals surface area contributed by atoms with E-state index in [1.165, 1.54) is 44.9 Å². The maximum Gasteiger partial charge on any atom is 0.306 e. The van der Waals surface area contributed by atoms with Crippen molar-refractivity contribution in [2.75, 3.05) is 0 Å². The highest BCUT2D eigenvalue weighted by molar-refractivity contribution is 5.93. The van der Waals surface area contributed by atoms with Gasteiger partial charge >= 0.3 is 5.97 Å². The smallest absolute Gasteiger partial charge is 0.306 e. The number of carbonyl (C=O) groups excluding carboxylic acids is 1. The van der Waals surface area contributed by atoms with E-state index in [0.717, 1.165) is 48.1 Å². The van der Waals surface area contributed by atoms with Crippen molar-refractivity contribution >= 4 is 11.7 Å². The van der Waals surface area contributed by atoms with Gasteiger partial charge in [0.1, 0.15) is 5.60 Å². The fourth-order valence-corrected chi connectivity index (χ4v) is 9.01. The Labute approximate surface area is 156 Å². The molecule has 0 amide bonds. The molecule has 3 nitrogen and oxygen atoms in total. The SMILES string of the molecule is CC[C@]12CCC3C(CCC4=CC(=N)CC[C@@H]43)C1C1CC1[C@@]21CCC(=O)O1. The van der Waals surface area contributed by atoms with Gasteiger partial charge in [0.05, 0.1) is 0 Å². The van der Waals surface area contributed by atoms with E-state index >= 15 is 0 Å². The number of nitrogens with one attached hydrogen (secondary N) is 1. The van der Waals surface area contributed by atoms with E-state index in [1.54, 1.807) is 5.57 Å². The van der Waals surface area contributed by atoms with Crippen molar-refractivity contribution in [1.29, 1.82) is 5.41 Å². The third kappa shape index (κ3) is 1.72. The van der Waals surface area contributed by atoms with Crippen molar-refractivity contribution in [2.45, 2.75) is 76.7 Å². The maximum absolute atomic E-state index is 12.2. The number of rotatable bonds is 1. The van der Waals surface area contributed by atoms with Gasteiger partial charge in [0, 0.05) is 23.5 Å². The molecule has 0 aromatic heterocycles. The Kier molecular flexibility index (Phi) is 3.07. The molecule has 1 saturated heterocycles. The molecule has 5 fully saturated rings. The molecule has 140 valence electrons. The van der Waals surface area contributed by atoms with E-state index < -0.39 is 0 Å². The third-order valence-electron chi connectivity index (χ3n) is 9.79. The van der Waals surface area contributed by atoms with Gasteiger partial charge < -0.3 is 10.1 Å². The topological polar surface area (TPSA) is 50.2 Å². The first-order chi connectivity index (χ1) is 12.6. The number of esters is 1. The predicted octanol–water partition coefficient (Wildman–Crippen LogP) is 4.90. The number of ether oxygens (including phenoxy) is 1. The molecule has 8 atom stereocenters. The molecule has 4 saturated carbocycles. The van der Waals surface area contributed by atoms with Crippen molar-refractivity contribution in [1.82, 2.24) is 0 Å². The van der Waals surface area contributed by atoms with Gasteiger partial charge in [0.2, 0.25) is 0 Å². The van der Waals surface area contributed by atoms with Crippen LogP contribution in [0.15, 0.2) is 11.6 Å². The lowest BCUT2D eigenvalue weighted by Crippen LogP contribution is -2.56. The molecule has 3 heteroatoms. The quantitative estimate of drug-likeness (QED) is 0.682. The summed E-state index contributed by atoms with van der Waals surface area (Å²) >= 11 is 0. The average molecular weight is 354 g/mol. The summed E-state index contributed by atoms with van der Waals surface area (Å²) in [6.45, 7) is 2.38. The van der Waals surface area contributed by atoms with Gasteiger partial charge in [0.25, 0.3) is 0 Å². The predicted molar refractivity (Wildman–Crippen MR) is 99.8 cm³/mol. The van der Waals surface area contributed by atoms with Crippen molar-refractivity contribution in [2.24, 2.45) is 40.9 Å². The fraction of sp³-hybridized carbons (Fsp3) is 0.826. The molecular weight excluding hydrogens is 322 g/mol. The number of hydrogen-bond acceptors (Lipinski definition) is 3.